The standard InChI is InChI=1S/C22H24F3N3O3.H2/c1-14-15(4-3-5-17(14)29)20(31)27-10-8-21(9-11-27)18-7-6-16(19(30)22(23,24)25)28(18)13-12-26(21)2;/h3-7,29H,8-13H2,1-2H3;1H. The summed E-state index contributed by atoms with van der Waals surface area (Å²) in [7, 11) is 1.93. The lowest BCUT2D eigenvalue weighted by Gasteiger charge is -2.50. The predicted octanol–water partition coefficient (Wildman–Crippen LogP) is 3.57. The molecule has 0 unspecified atom stereocenters. The zero-order chi connectivity index (χ0) is 22.6. The van der Waals surface area contributed by atoms with Gasteiger partial charge >= 0.3 is 6.18 Å². The predicted molar refractivity (Wildman–Crippen MR) is 109 cm³/mol. The lowest BCUT2D eigenvalue weighted by atomic mass is 9.81. The van der Waals surface area contributed by atoms with E-state index in [-0.39, 0.29) is 18.8 Å². The highest BCUT2D eigenvalue weighted by Gasteiger charge is 2.47. The van der Waals surface area contributed by atoms with Gasteiger partial charge in [0.15, 0.2) is 0 Å². The number of phenolic OH excluding ortho intramolecular Hbond substituents is 1. The number of phenols is 1. The van der Waals surface area contributed by atoms with E-state index in [1.807, 2.05) is 7.05 Å². The fourth-order valence-electron chi connectivity index (χ4n) is 4.86. The first kappa shape index (κ1) is 21.4. The lowest BCUT2D eigenvalue weighted by Crippen LogP contribution is -2.56. The van der Waals surface area contributed by atoms with E-state index < -0.39 is 17.5 Å². The molecule has 6 nitrogen and oxygen atoms in total. The summed E-state index contributed by atoms with van der Waals surface area (Å²) in [6, 6.07) is 7.71. The summed E-state index contributed by atoms with van der Waals surface area (Å²) >= 11 is 0. The molecule has 1 fully saturated rings. The number of benzene rings is 1. The first-order valence-electron chi connectivity index (χ1n) is 10.2. The molecule has 1 amide bonds. The number of hydrogen-bond donors (Lipinski definition) is 1. The van der Waals surface area contributed by atoms with Crippen LogP contribution in [0.25, 0.3) is 0 Å². The molecule has 2 aromatic rings. The van der Waals surface area contributed by atoms with Crippen molar-refractivity contribution in [2.45, 2.75) is 38.0 Å². The number of aromatic hydroxyl groups is 1. The number of rotatable bonds is 2. The largest absolute Gasteiger partial charge is 0.508 e. The van der Waals surface area contributed by atoms with Gasteiger partial charge in [0.05, 0.1) is 11.2 Å². The molecule has 0 saturated carbocycles. The number of likely N-dealkylation sites (tertiary alicyclic amines) is 1. The highest BCUT2D eigenvalue weighted by molar-refractivity contribution is 5.99. The lowest BCUT2D eigenvalue weighted by molar-refractivity contribution is -0.0892. The molecular formula is C22H26F3N3O3. The summed E-state index contributed by atoms with van der Waals surface area (Å²) in [5, 5.41) is 9.91. The van der Waals surface area contributed by atoms with Crippen molar-refractivity contribution in [2.75, 3.05) is 26.7 Å². The minimum atomic E-state index is -4.92. The number of ketones is 1. The van der Waals surface area contributed by atoms with Crippen LogP contribution in [0.2, 0.25) is 0 Å². The van der Waals surface area contributed by atoms with Gasteiger partial charge in [-0.3, -0.25) is 14.5 Å². The van der Waals surface area contributed by atoms with Crippen molar-refractivity contribution in [1.29, 1.82) is 0 Å². The summed E-state index contributed by atoms with van der Waals surface area (Å²) in [6.45, 7) is 3.36. The topological polar surface area (TPSA) is 65.8 Å². The van der Waals surface area contributed by atoms with E-state index in [0.717, 1.165) is 0 Å². The molecule has 2 aliphatic rings. The number of carbonyl (C=O) groups excluding carboxylic acids is 2. The molecule has 1 spiro atoms. The molecule has 4 rings (SSSR count). The molecule has 168 valence electrons. The van der Waals surface area contributed by atoms with Crippen LogP contribution < -0.4 is 0 Å². The average molecular weight is 437 g/mol. The molecule has 1 saturated heterocycles. The zero-order valence-corrected chi connectivity index (χ0v) is 17.4. The number of Topliss-reactive ketones (excluding diaryl/α,β-unsaturated/α-hetero) is 1. The van der Waals surface area contributed by atoms with E-state index in [4.69, 9.17) is 0 Å². The first-order chi connectivity index (χ1) is 14.6. The maximum absolute atomic E-state index is 13.0. The molecule has 0 bridgehead atoms. The highest BCUT2D eigenvalue weighted by atomic mass is 19.4. The number of aromatic nitrogens is 1. The highest BCUT2D eigenvalue weighted by Crippen LogP contribution is 2.42. The third-order valence-corrected chi connectivity index (χ3v) is 6.75. The van der Waals surface area contributed by atoms with Crippen molar-refractivity contribution in [3.8, 4) is 5.75 Å². The summed E-state index contributed by atoms with van der Waals surface area (Å²) < 4.78 is 40.6. The van der Waals surface area contributed by atoms with Crippen molar-refractivity contribution in [1.82, 2.24) is 14.4 Å². The number of piperidine rings is 1. The monoisotopic (exact) mass is 437 g/mol. The molecule has 0 aliphatic carbocycles. The van der Waals surface area contributed by atoms with Crippen LogP contribution >= 0.6 is 0 Å². The number of alkyl halides is 3. The molecule has 3 heterocycles. The molecule has 0 atom stereocenters. The second kappa shape index (κ2) is 7.40. The molecule has 1 N–H and O–H groups in total. The van der Waals surface area contributed by atoms with Gasteiger partial charge in [0.2, 0.25) is 0 Å². The third kappa shape index (κ3) is 3.40. The van der Waals surface area contributed by atoms with Crippen molar-refractivity contribution in [3.63, 3.8) is 0 Å². The van der Waals surface area contributed by atoms with Crippen LogP contribution in [0.1, 0.15) is 46.4 Å². The second-order valence-corrected chi connectivity index (χ2v) is 8.28. The van der Waals surface area contributed by atoms with Gasteiger partial charge in [0, 0.05) is 44.4 Å². The third-order valence-electron chi connectivity index (χ3n) is 6.75. The Kier molecular flexibility index (Phi) is 5.12. The van der Waals surface area contributed by atoms with E-state index in [1.54, 1.807) is 30.0 Å². The Balaban J connectivity index is 0.00000289. The number of amides is 1. The van der Waals surface area contributed by atoms with Crippen molar-refractivity contribution < 1.29 is 29.3 Å². The van der Waals surface area contributed by atoms with Crippen LogP contribution in [0.4, 0.5) is 13.2 Å². The van der Waals surface area contributed by atoms with Crippen LogP contribution in [0, 0.1) is 6.92 Å². The number of nitrogens with zero attached hydrogens (tertiary/aromatic N) is 3. The number of fused-ring (bicyclic) bond motifs is 2. The zero-order valence-electron chi connectivity index (χ0n) is 17.4. The summed E-state index contributed by atoms with van der Waals surface area (Å²) in [6.07, 6.45) is -3.84. The van der Waals surface area contributed by atoms with E-state index in [1.165, 1.54) is 16.7 Å². The number of halogens is 3. The van der Waals surface area contributed by atoms with Crippen LogP contribution in [-0.4, -0.2) is 64.0 Å². The molecular weight excluding hydrogens is 411 g/mol. The SMILES string of the molecule is Cc1c(O)cccc1C(=O)N1CCC2(CC1)c1ccc(C(=O)C(F)(F)F)n1CCN2C.[HH]. The Bertz CT molecular complexity index is 1040. The van der Waals surface area contributed by atoms with Gasteiger partial charge in [-0.15, -0.1) is 0 Å². The van der Waals surface area contributed by atoms with Gasteiger partial charge < -0.3 is 14.6 Å². The van der Waals surface area contributed by atoms with Gasteiger partial charge in [0.25, 0.3) is 11.7 Å². The molecule has 9 heteroatoms. The number of hydrogen-bond acceptors (Lipinski definition) is 4. The quantitative estimate of drug-likeness (QED) is 0.730. The van der Waals surface area contributed by atoms with Gasteiger partial charge in [-0.25, -0.2) is 0 Å². The van der Waals surface area contributed by atoms with E-state index in [9.17, 15) is 27.9 Å². The van der Waals surface area contributed by atoms with Gasteiger partial charge in [-0.2, -0.15) is 13.2 Å². The minimum Gasteiger partial charge on any atom is -0.508 e. The Hall–Kier alpha value is -2.81. The average Bonchev–Trinajstić information content (AvgIpc) is 3.16. The maximum atomic E-state index is 13.0. The minimum absolute atomic E-state index is 0. The summed E-state index contributed by atoms with van der Waals surface area (Å²) in [5.41, 5.74) is 0.784. The Morgan fingerprint density at radius 3 is 2.39 bits per heavy atom. The second-order valence-electron chi connectivity index (χ2n) is 8.28. The van der Waals surface area contributed by atoms with Crippen LogP contribution in [0.3, 0.4) is 0 Å². The van der Waals surface area contributed by atoms with E-state index in [2.05, 4.69) is 4.90 Å². The Morgan fingerprint density at radius 1 is 1.06 bits per heavy atom. The normalized spacial score (nSPS) is 18.8. The van der Waals surface area contributed by atoms with Gasteiger partial charge in [0.1, 0.15) is 5.75 Å². The summed E-state index contributed by atoms with van der Waals surface area (Å²) in [5.74, 6) is -1.94. The van der Waals surface area contributed by atoms with Crippen molar-refractivity contribution in [2.24, 2.45) is 0 Å². The van der Waals surface area contributed by atoms with Gasteiger partial charge in [-0.1, -0.05) is 6.07 Å². The maximum Gasteiger partial charge on any atom is 0.456 e. The number of likely N-dealkylation sites (N-methyl/N-ethyl adjacent to an activating group) is 1. The summed E-state index contributed by atoms with van der Waals surface area (Å²) in [4.78, 5) is 28.7. The fourth-order valence-corrected chi connectivity index (χ4v) is 4.86. The Morgan fingerprint density at radius 2 is 1.74 bits per heavy atom. The van der Waals surface area contributed by atoms with E-state index >= 15 is 0 Å². The van der Waals surface area contributed by atoms with Crippen LogP contribution in [0.5, 0.6) is 5.75 Å². The van der Waals surface area contributed by atoms with Crippen molar-refractivity contribution in [3.05, 3.63) is 52.8 Å². The van der Waals surface area contributed by atoms with Crippen molar-refractivity contribution >= 4 is 11.7 Å². The molecule has 31 heavy (non-hydrogen) atoms. The fraction of sp³-hybridized carbons (Fsp3) is 0.455. The van der Waals surface area contributed by atoms with Crippen LogP contribution in [-0.2, 0) is 12.1 Å². The number of carbonyl (C=O) groups is 2. The molecule has 1 aromatic carbocycles. The molecule has 0 radical (unpaired) electrons. The first-order valence-corrected chi connectivity index (χ1v) is 10.2. The van der Waals surface area contributed by atoms with Crippen LogP contribution in [0.15, 0.2) is 30.3 Å². The van der Waals surface area contributed by atoms with Gasteiger partial charge in [-0.05, 0) is 51.1 Å². The molecule has 2 aliphatic heterocycles. The van der Waals surface area contributed by atoms with E-state index in [0.29, 0.717) is 55.8 Å². The smallest absolute Gasteiger partial charge is 0.456 e. The Labute approximate surface area is 179 Å². The molecule has 1 aromatic heterocycles.